The van der Waals surface area contributed by atoms with Gasteiger partial charge in [0.2, 0.25) is 5.88 Å². The van der Waals surface area contributed by atoms with Crippen molar-refractivity contribution in [3.63, 3.8) is 0 Å². The first kappa shape index (κ1) is 24.4. The molecule has 0 fully saturated rings. The number of fused-ring (bicyclic) bond motifs is 1. The Morgan fingerprint density at radius 2 is 2.06 bits per heavy atom. The third-order valence-corrected chi connectivity index (χ3v) is 7.23. The lowest BCUT2D eigenvalue weighted by atomic mass is 10.1. The number of nitrogens with zero attached hydrogens (tertiary/aromatic N) is 3. The molecule has 1 aliphatic rings. The predicted molar refractivity (Wildman–Crippen MR) is 131 cm³/mol. The molecule has 4 rings (SSSR count). The van der Waals surface area contributed by atoms with Crippen molar-refractivity contribution in [3.8, 4) is 28.6 Å². The van der Waals surface area contributed by atoms with Gasteiger partial charge in [0.15, 0.2) is 0 Å². The minimum atomic E-state index is -3.50. The van der Waals surface area contributed by atoms with Crippen molar-refractivity contribution in [1.82, 2.24) is 14.8 Å². The Balaban J connectivity index is 1.35. The molecule has 9 nitrogen and oxygen atoms in total. The summed E-state index contributed by atoms with van der Waals surface area (Å²) in [4.78, 5) is 4.43. The Kier molecular flexibility index (Phi) is 7.66. The van der Waals surface area contributed by atoms with Crippen LogP contribution in [0.4, 0.5) is 0 Å². The normalized spacial score (nSPS) is 15.4. The number of aromatic nitrogens is 3. The van der Waals surface area contributed by atoms with Gasteiger partial charge in [-0.2, -0.15) is 13.5 Å². The van der Waals surface area contributed by atoms with Crippen LogP contribution in [-0.4, -0.2) is 57.6 Å². The minimum absolute atomic E-state index is 0.0200. The summed E-state index contributed by atoms with van der Waals surface area (Å²) in [6.45, 7) is 5.76. The Morgan fingerprint density at radius 3 is 2.79 bits per heavy atom. The molecular formula is C23H29N3O6SSi. The van der Waals surface area contributed by atoms with Gasteiger partial charge in [-0.1, -0.05) is 19.2 Å². The number of hydrogen-bond acceptors (Lipinski definition) is 8. The van der Waals surface area contributed by atoms with Gasteiger partial charge in [-0.15, -0.1) is 0 Å². The molecule has 11 heteroatoms. The minimum Gasteiger partial charge on any atom is -0.487 e. The maximum atomic E-state index is 11.2. The number of ether oxygens (including phenoxy) is 3. The smallest absolute Gasteiger partial charge is 0.264 e. The fraction of sp³-hybridized carbons (Fsp3) is 0.391. The third kappa shape index (κ3) is 6.66. The summed E-state index contributed by atoms with van der Waals surface area (Å²) < 4.78 is 46.5. The van der Waals surface area contributed by atoms with Crippen molar-refractivity contribution in [2.75, 3.05) is 19.5 Å². The maximum absolute atomic E-state index is 11.2. The van der Waals surface area contributed by atoms with Crippen LogP contribution in [0.1, 0.15) is 5.56 Å². The third-order valence-electron chi connectivity index (χ3n) is 5.27. The van der Waals surface area contributed by atoms with Crippen molar-refractivity contribution in [2.24, 2.45) is 0 Å². The molecule has 34 heavy (non-hydrogen) atoms. The molecule has 0 aliphatic carbocycles. The van der Waals surface area contributed by atoms with E-state index in [1.54, 1.807) is 24.5 Å². The van der Waals surface area contributed by atoms with E-state index in [1.807, 2.05) is 28.9 Å². The molecule has 3 aromatic rings. The highest BCUT2D eigenvalue weighted by molar-refractivity contribution is 7.85. The number of pyridine rings is 1. The van der Waals surface area contributed by atoms with Crippen molar-refractivity contribution < 1.29 is 26.8 Å². The summed E-state index contributed by atoms with van der Waals surface area (Å²) in [5.74, 6) is 1.68. The average Bonchev–Trinajstić information content (AvgIpc) is 3.41. The summed E-state index contributed by atoms with van der Waals surface area (Å²) in [7, 11) is -4.12. The van der Waals surface area contributed by atoms with E-state index < -0.39 is 18.9 Å². The SMILES string of the molecule is C[SiH](C)CCOCn1nccc1-c1ccc(Oc2ccc3c(c2)O[C@@H](COS(C)(=O)=O)C3)nc1. The Labute approximate surface area is 201 Å². The molecule has 0 spiro atoms. The van der Waals surface area contributed by atoms with Gasteiger partial charge in [0.1, 0.15) is 30.9 Å². The second-order valence-corrected chi connectivity index (χ2v) is 13.6. The lowest BCUT2D eigenvalue weighted by molar-refractivity contribution is 0.0801. The molecule has 0 amide bonds. The van der Waals surface area contributed by atoms with Crippen molar-refractivity contribution in [3.05, 3.63) is 54.4 Å². The second kappa shape index (κ2) is 10.7. The van der Waals surface area contributed by atoms with Crippen LogP contribution in [0.5, 0.6) is 17.4 Å². The summed E-state index contributed by atoms with van der Waals surface area (Å²) in [6.07, 6.45) is 4.75. The van der Waals surface area contributed by atoms with E-state index in [2.05, 4.69) is 23.2 Å². The van der Waals surface area contributed by atoms with Gasteiger partial charge in [-0.05, 0) is 29.8 Å². The molecule has 0 N–H and O–H groups in total. The van der Waals surface area contributed by atoms with E-state index in [0.717, 1.165) is 35.7 Å². The summed E-state index contributed by atoms with van der Waals surface area (Å²) in [5, 5.41) is 4.35. The fourth-order valence-corrected chi connectivity index (χ4v) is 4.54. The van der Waals surface area contributed by atoms with Crippen LogP contribution in [0.2, 0.25) is 19.1 Å². The van der Waals surface area contributed by atoms with E-state index in [4.69, 9.17) is 18.4 Å². The Hall–Kier alpha value is -2.73. The molecule has 1 aliphatic heterocycles. The van der Waals surface area contributed by atoms with Gasteiger partial charge in [-0.25, -0.2) is 9.67 Å². The van der Waals surface area contributed by atoms with Crippen LogP contribution in [0.3, 0.4) is 0 Å². The molecule has 0 radical (unpaired) electrons. The lowest BCUT2D eigenvalue weighted by Crippen LogP contribution is -2.22. The van der Waals surface area contributed by atoms with Gasteiger partial charge >= 0.3 is 0 Å². The maximum Gasteiger partial charge on any atom is 0.264 e. The zero-order chi connectivity index (χ0) is 24.1. The summed E-state index contributed by atoms with van der Waals surface area (Å²) >= 11 is 0. The van der Waals surface area contributed by atoms with E-state index in [0.29, 0.717) is 30.5 Å². The highest BCUT2D eigenvalue weighted by Crippen LogP contribution is 2.34. The molecule has 0 bridgehead atoms. The van der Waals surface area contributed by atoms with Gasteiger partial charge in [0.05, 0.1) is 11.9 Å². The highest BCUT2D eigenvalue weighted by atomic mass is 32.2. The molecule has 0 unspecified atom stereocenters. The van der Waals surface area contributed by atoms with Crippen LogP contribution in [0, 0.1) is 0 Å². The zero-order valence-electron chi connectivity index (χ0n) is 19.5. The van der Waals surface area contributed by atoms with Crippen LogP contribution in [-0.2, 0) is 32.2 Å². The number of hydrogen-bond donors (Lipinski definition) is 0. The van der Waals surface area contributed by atoms with Crippen LogP contribution >= 0.6 is 0 Å². The van der Waals surface area contributed by atoms with Gasteiger partial charge in [0, 0.05) is 51.9 Å². The quantitative estimate of drug-likeness (QED) is 0.223. The van der Waals surface area contributed by atoms with Crippen molar-refractivity contribution in [1.29, 1.82) is 0 Å². The Morgan fingerprint density at radius 1 is 1.21 bits per heavy atom. The first-order valence-electron chi connectivity index (χ1n) is 11.1. The monoisotopic (exact) mass is 503 g/mol. The van der Waals surface area contributed by atoms with E-state index >= 15 is 0 Å². The van der Waals surface area contributed by atoms with Crippen LogP contribution in [0.15, 0.2) is 48.8 Å². The van der Waals surface area contributed by atoms with Crippen LogP contribution in [0.25, 0.3) is 11.3 Å². The summed E-state index contributed by atoms with van der Waals surface area (Å²) in [5.41, 5.74) is 2.82. The highest BCUT2D eigenvalue weighted by Gasteiger charge is 2.25. The van der Waals surface area contributed by atoms with Crippen molar-refractivity contribution >= 4 is 18.9 Å². The van der Waals surface area contributed by atoms with Gasteiger partial charge < -0.3 is 14.2 Å². The molecule has 1 atom stereocenters. The molecule has 3 heterocycles. The number of rotatable bonds is 11. The zero-order valence-corrected chi connectivity index (χ0v) is 21.5. The molecule has 2 aromatic heterocycles. The first-order valence-corrected chi connectivity index (χ1v) is 16.1. The molecule has 0 saturated carbocycles. The van der Waals surface area contributed by atoms with Crippen LogP contribution < -0.4 is 9.47 Å². The molecule has 0 saturated heterocycles. The van der Waals surface area contributed by atoms with Gasteiger partial charge in [-0.3, -0.25) is 4.18 Å². The first-order chi connectivity index (χ1) is 16.3. The van der Waals surface area contributed by atoms with Gasteiger partial charge in [0.25, 0.3) is 10.1 Å². The standard InChI is InChI=1S/C23H29N3O6SSi/c1-33(27,28)30-15-20-12-17-4-6-19(13-22(17)31-20)32-23-7-5-18(14-24-23)21-8-9-25-26(21)16-29-10-11-34(2)3/h4-9,13-14,20,34H,10-12,15-16H2,1-3H3/t20-/m1/s1. The predicted octanol–water partition coefficient (Wildman–Crippen LogP) is 3.48. The van der Waals surface area contributed by atoms with E-state index in [-0.39, 0.29) is 12.7 Å². The summed E-state index contributed by atoms with van der Waals surface area (Å²) in [6, 6.07) is 12.3. The fourth-order valence-electron chi connectivity index (χ4n) is 3.50. The largest absolute Gasteiger partial charge is 0.487 e. The molecular weight excluding hydrogens is 474 g/mol. The van der Waals surface area contributed by atoms with E-state index in [9.17, 15) is 8.42 Å². The topological polar surface area (TPSA) is 102 Å². The molecule has 1 aromatic carbocycles. The second-order valence-electron chi connectivity index (χ2n) is 8.63. The average molecular weight is 504 g/mol. The molecule has 182 valence electrons. The Bertz CT molecular complexity index is 1210. The van der Waals surface area contributed by atoms with Crippen molar-refractivity contribution in [2.45, 2.75) is 38.4 Å². The lowest BCUT2D eigenvalue weighted by Gasteiger charge is -2.11. The van der Waals surface area contributed by atoms with E-state index in [1.165, 1.54) is 0 Å². The number of benzene rings is 1.